The second-order valence-electron chi connectivity index (χ2n) is 7.63. The summed E-state index contributed by atoms with van der Waals surface area (Å²) in [5.74, 6) is 0.745. The Labute approximate surface area is 166 Å². The number of hydrogen-bond donors (Lipinski definition) is 1. The average molecular weight is 374 g/mol. The first kappa shape index (κ1) is 19.5. The molecule has 4 heteroatoms. The van der Waals surface area contributed by atoms with Crippen LogP contribution in [-0.4, -0.2) is 13.1 Å². The summed E-state index contributed by atoms with van der Waals surface area (Å²) in [5.41, 5.74) is 3.60. The maximum Gasteiger partial charge on any atom is 0.330 e. The molecule has 3 rings (SSSR count). The number of methoxy groups -OCH3 is 1. The van der Waals surface area contributed by atoms with Crippen LogP contribution < -0.4 is 15.0 Å². The van der Waals surface area contributed by atoms with Gasteiger partial charge >= 0.3 is 6.03 Å². The van der Waals surface area contributed by atoms with Gasteiger partial charge < -0.3 is 10.1 Å². The first-order valence-electron chi connectivity index (χ1n) is 9.29. The van der Waals surface area contributed by atoms with Gasteiger partial charge in [0.15, 0.2) is 0 Å². The third-order valence-electron chi connectivity index (χ3n) is 4.55. The maximum absolute atomic E-state index is 13.1. The van der Waals surface area contributed by atoms with Gasteiger partial charge in [-0.3, -0.25) is 4.90 Å². The lowest BCUT2D eigenvalue weighted by molar-refractivity contribution is 0.259. The van der Waals surface area contributed by atoms with Crippen molar-refractivity contribution >= 4 is 23.1 Å². The van der Waals surface area contributed by atoms with Crippen molar-refractivity contribution in [1.82, 2.24) is 0 Å². The number of anilines is 3. The molecule has 28 heavy (non-hydrogen) atoms. The highest BCUT2D eigenvalue weighted by Gasteiger charge is 2.19. The highest BCUT2D eigenvalue weighted by molar-refractivity contribution is 6.07. The van der Waals surface area contributed by atoms with E-state index in [0.29, 0.717) is 0 Å². The summed E-state index contributed by atoms with van der Waals surface area (Å²) in [6, 6.07) is 24.8. The van der Waals surface area contributed by atoms with Crippen LogP contribution in [0, 0.1) is 0 Å². The van der Waals surface area contributed by atoms with Gasteiger partial charge in [-0.15, -0.1) is 0 Å². The SMILES string of the molecule is COc1ccc(N(C(=O)Nc2ccc(C(C)(C)C)cc2)c2ccccc2)cc1. The summed E-state index contributed by atoms with van der Waals surface area (Å²) in [5, 5.41) is 3.00. The van der Waals surface area contributed by atoms with Gasteiger partial charge in [0.2, 0.25) is 0 Å². The Morgan fingerprint density at radius 3 is 1.93 bits per heavy atom. The second-order valence-corrected chi connectivity index (χ2v) is 7.63. The number of benzene rings is 3. The number of ether oxygens (including phenoxy) is 1. The molecule has 0 fully saturated rings. The van der Waals surface area contributed by atoms with E-state index in [1.54, 1.807) is 12.0 Å². The topological polar surface area (TPSA) is 41.6 Å². The predicted octanol–water partition coefficient (Wildman–Crippen LogP) is 6.36. The first-order chi connectivity index (χ1) is 13.4. The van der Waals surface area contributed by atoms with Crippen LogP contribution >= 0.6 is 0 Å². The van der Waals surface area contributed by atoms with E-state index < -0.39 is 0 Å². The van der Waals surface area contributed by atoms with Crippen LogP contribution in [0.2, 0.25) is 0 Å². The minimum absolute atomic E-state index is 0.0711. The molecule has 3 aromatic rings. The zero-order valence-corrected chi connectivity index (χ0v) is 16.8. The lowest BCUT2D eigenvalue weighted by Gasteiger charge is -2.24. The molecule has 0 atom stereocenters. The van der Waals surface area contributed by atoms with Crippen molar-refractivity contribution in [3.05, 3.63) is 84.4 Å². The Kier molecular flexibility index (Phi) is 5.69. The third kappa shape index (κ3) is 4.52. The van der Waals surface area contributed by atoms with Gasteiger partial charge in [-0.2, -0.15) is 0 Å². The average Bonchev–Trinajstić information content (AvgIpc) is 2.69. The number of carbonyl (C=O) groups is 1. The number of urea groups is 1. The van der Waals surface area contributed by atoms with Crippen LogP contribution in [0.4, 0.5) is 21.9 Å². The van der Waals surface area contributed by atoms with Gasteiger partial charge in [0.1, 0.15) is 5.75 Å². The minimum Gasteiger partial charge on any atom is -0.497 e. The first-order valence-corrected chi connectivity index (χ1v) is 9.29. The molecule has 0 saturated heterocycles. The van der Waals surface area contributed by atoms with E-state index in [-0.39, 0.29) is 11.4 Å². The van der Waals surface area contributed by atoms with Crippen LogP contribution in [0.1, 0.15) is 26.3 Å². The molecule has 0 aliphatic heterocycles. The van der Waals surface area contributed by atoms with E-state index in [9.17, 15) is 4.79 Å². The number of para-hydroxylation sites is 1. The number of hydrogen-bond acceptors (Lipinski definition) is 2. The van der Waals surface area contributed by atoms with E-state index >= 15 is 0 Å². The number of carbonyl (C=O) groups excluding carboxylic acids is 1. The van der Waals surface area contributed by atoms with Crippen LogP contribution in [0.15, 0.2) is 78.9 Å². The van der Waals surface area contributed by atoms with E-state index in [2.05, 4.69) is 38.2 Å². The number of nitrogens with one attached hydrogen (secondary N) is 1. The van der Waals surface area contributed by atoms with Crippen molar-refractivity contribution in [3.63, 3.8) is 0 Å². The molecule has 4 nitrogen and oxygen atoms in total. The Morgan fingerprint density at radius 1 is 0.821 bits per heavy atom. The van der Waals surface area contributed by atoms with Crippen LogP contribution in [-0.2, 0) is 5.41 Å². The standard InChI is InChI=1S/C24H26N2O2/c1-24(2,3)18-10-12-19(13-11-18)25-23(27)26(20-8-6-5-7-9-20)21-14-16-22(28-4)17-15-21/h5-17H,1-4H3,(H,25,27). The zero-order valence-electron chi connectivity index (χ0n) is 16.8. The molecule has 0 saturated carbocycles. The Hall–Kier alpha value is -3.27. The van der Waals surface area contributed by atoms with Crippen molar-refractivity contribution in [3.8, 4) is 5.75 Å². The molecule has 0 aliphatic carbocycles. The molecule has 1 N–H and O–H groups in total. The fourth-order valence-electron chi connectivity index (χ4n) is 2.92. The molecule has 0 spiro atoms. The smallest absolute Gasteiger partial charge is 0.330 e. The van der Waals surface area contributed by atoms with Crippen LogP contribution in [0.25, 0.3) is 0 Å². The molecular weight excluding hydrogens is 348 g/mol. The lowest BCUT2D eigenvalue weighted by atomic mass is 9.87. The summed E-state index contributed by atoms with van der Waals surface area (Å²) in [6.07, 6.45) is 0. The van der Waals surface area contributed by atoms with E-state index in [1.807, 2.05) is 66.7 Å². The molecule has 0 aromatic heterocycles. The van der Waals surface area contributed by atoms with Crippen molar-refractivity contribution in [1.29, 1.82) is 0 Å². The van der Waals surface area contributed by atoms with Crippen LogP contribution in [0.3, 0.4) is 0 Å². The summed E-state index contributed by atoms with van der Waals surface area (Å²) < 4.78 is 5.23. The van der Waals surface area contributed by atoms with Gasteiger partial charge in [0.25, 0.3) is 0 Å². The minimum atomic E-state index is -0.222. The lowest BCUT2D eigenvalue weighted by Crippen LogP contribution is -2.30. The second kappa shape index (κ2) is 8.17. The molecule has 144 valence electrons. The molecular formula is C24H26N2O2. The third-order valence-corrected chi connectivity index (χ3v) is 4.55. The van der Waals surface area contributed by atoms with Crippen molar-refractivity contribution in [2.45, 2.75) is 26.2 Å². The zero-order chi connectivity index (χ0) is 20.1. The van der Waals surface area contributed by atoms with E-state index in [0.717, 1.165) is 22.8 Å². The number of rotatable bonds is 4. The monoisotopic (exact) mass is 374 g/mol. The van der Waals surface area contributed by atoms with Crippen LogP contribution in [0.5, 0.6) is 5.75 Å². The maximum atomic E-state index is 13.1. The fraction of sp³-hybridized carbons (Fsp3) is 0.208. The molecule has 2 amide bonds. The van der Waals surface area contributed by atoms with Gasteiger partial charge in [-0.1, -0.05) is 51.1 Å². The number of nitrogens with zero attached hydrogens (tertiary/aromatic N) is 1. The number of amides is 2. The summed E-state index contributed by atoms with van der Waals surface area (Å²) in [6.45, 7) is 6.50. The van der Waals surface area contributed by atoms with Gasteiger partial charge in [0.05, 0.1) is 18.5 Å². The Morgan fingerprint density at radius 2 is 1.39 bits per heavy atom. The fourth-order valence-corrected chi connectivity index (χ4v) is 2.92. The van der Waals surface area contributed by atoms with Gasteiger partial charge in [0, 0.05) is 5.69 Å². The van der Waals surface area contributed by atoms with Gasteiger partial charge in [-0.25, -0.2) is 4.79 Å². The highest BCUT2D eigenvalue weighted by Crippen LogP contribution is 2.29. The molecule has 0 heterocycles. The van der Waals surface area contributed by atoms with E-state index in [4.69, 9.17) is 4.74 Å². The summed E-state index contributed by atoms with van der Waals surface area (Å²) in [7, 11) is 1.62. The Balaban J connectivity index is 1.88. The molecule has 0 aliphatic rings. The largest absolute Gasteiger partial charge is 0.497 e. The summed E-state index contributed by atoms with van der Waals surface area (Å²) >= 11 is 0. The van der Waals surface area contributed by atoms with Crippen molar-refractivity contribution < 1.29 is 9.53 Å². The van der Waals surface area contributed by atoms with E-state index in [1.165, 1.54) is 5.56 Å². The quantitative estimate of drug-likeness (QED) is 0.577. The molecule has 0 unspecified atom stereocenters. The highest BCUT2D eigenvalue weighted by atomic mass is 16.5. The molecule has 0 radical (unpaired) electrons. The predicted molar refractivity (Wildman–Crippen MR) is 116 cm³/mol. The normalized spacial score (nSPS) is 11.0. The van der Waals surface area contributed by atoms with Crippen molar-refractivity contribution in [2.24, 2.45) is 0 Å². The Bertz CT molecular complexity index is 912. The summed E-state index contributed by atoms with van der Waals surface area (Å²) in [4.78, 5) is 14.8. The molecule has 0 bridgehead atoms. The van der Waals surface area contributed by atoms with Gasteiger partial charge in [-0.05, 0) is 59.5 Å². The van der Waals surface area contributed by atoms with Crippen molar-refractivity contribution in [2.75, 3.05) is 17.3 Å². The molecule has 3 aromatic carbocycles.